The molecule has 0 aliphatic rings. The van der Waals surface area contributed by atoms with E-state index in [9.17, 15) is 19.4 Å². The Kier molecular flexibility index (Phi) is 24.5. The number of aliphatic hydroxyl groups is 1. The Labute approximate surface area is 251 Å². The van der Waals surface area contributed by atoms with Crippen LogP contribution in [0.3, 0.4) is 0 Å². The Bertz CT molecular complexity index is 779. The lowest BCUT2D eigenvalue weighted by atomic mass is 10.1. The van der Waals surface area contributed by atoms with E-state index in [0.29, 0.717) is 23.9 Å². The third-order valence-corrected chi connectivity index (χ3v) is 7.54. The number of amides is 1. The first kappa shape index (κ1) is 39.7. The van der Waals surface area contributed by atoms with Crippen LogP contribution in [0.15, 0.2) is 36.5 Å². The smallest absolute Gasteiger partial charge is 0.387 e. The molecule has 0 spiro atoms. The molecule has 0 radical (unpaired) electrons. The summed E-state index contributed by atoms with van der Waals surface area (Å²) in [6, 6.07) is -0.860. The van der Waals surface area contributed by atoms with Gasteiger partial charge in [0, 0.05) is 6.42 Å². The Balaban J connectivity index is 4.30. The molecule has 0 saturated carbocycles. The molecule has 1 amide bonds. The number of carbonyl (C=O) groups excluding carboxylic acids is 1. The number of phosphoric acid groups is 1. The molecular weight excluding hydrogens is 539 g/mol. The van der Waals surface area contributed by atoms with Gasteiger partial charge in [0.25, 0.3) is 0 Å². The summed E-state index contributed by atoms with van der Waals surface area (Å²) in [5.74, 6) is -0.248. The molecule has 0 aliphatic carbocycles. The Morgan fingerprint density at radius 3 is 1.90 bits per heavy atom. The van der Waals surface area contributed by atoms with Gasteiger partial charge >= 0.3 is 7.82 Å². The fourth-order valence-electron chi connectivity index (χ4n) is 4.00. The molecule has 9 heteroatoms. The molecule has 8 nitrogen and oxygen atoms in total. The molecule has 3 N–H and O–H groups in total. The fourth-order valence-corrected chi connectivity index (χ4v) is 4.73. The lowest BCUT2D eigenvalue weighted by Gasteiger charge is -2.25. The predicted octanol–water partition coefficient (Wildman–Crippen LogP) is 7.23. The zero-order valence-corrected chi connectivity index (χ0v) is 27.7. The van der Waals surface area contributed by atoms with Crippen LogP contribution in [0.4, 0.5) is 0 Å². The average molecular weight is 602 g/mol. The quantitative estimate of drug-likeness (QED) is 0.0397. The molecule has 0 aromatic heterocycles. The van der Waals surface area contributed by atoms with Gasteiger partial charge in [-0.3, -0.25) is 13.8 Å². The van der Waals surface area contributed by atoms with Crippen LogP contribution in [-0.2, 0) is 18.4 Å². The van der Waals surface area contributed by atoms with E-state index in [1.165, 1.54) is 57.8 Å². The van der Waals surface area contributed by atoms with Gasteiger partial charge in [-0.1, -0.05) is 95.2 Å². The van der Waals surface area contributed by atoms with Gasteiger partial charge in [-0.05, 0) is 44.9 Å². The van der Waals surface area contributed by atoms with Crippen molar-refractivity contribution in [2.24, 2.45) is 0 Å². The van der Waals surface area contributed by atoms with Crippen LogP contribution in [0.25, 0.3) is 0 Å². The molecule has 0 saturated heterocycles. The Hall–Kier alpha value is -1.28. The zero-order chi connectivity index (χ0) is 30.8. The highest BCUT2D eigenvalue weighted by Crippen LogP contribution is 2.43. The van der Waals surface area contributed by atoms with Gasteiger partial charge in [0.15, 0.2) is 0 Å². The lowest BCUT2D eigenvalue weighted by molar-refractivity contribution is -0.870. The van der Waals surface area contributed by atoms with Crippen molar-refractivity contribution in [2.45, 2.75) is 122 Å². The third kappa shape index (κ3) is 27.3. The van der Waals surface area contributed by atoms with Crippen molar-refractivity contribution in [1.29, 1.82) is 0 Å². The molecule has 41 heavy (non-hydrogen) atoms. The molecule has 3 atom stereocenters. The first-order valence-corrected chi connectivity index (χ1v) is 17.4. The molecule has 0 aliphatic heterocycles. The summed E-state index contributed by atoms with van der Waals surface area (Å²) in [7, 11) is 1.53. The van der Waals surface area contributed by atoms with Crippen LogP contribution in [0.2, 0.25) is 0 Å². The maximum atomic E-state index is 12.3. The third-order valence-electron chi connectivity index (χ3n) is 6.56. The van der Waals surface area contributed by atoms with Crippen molar-refractivity contribution >= 4 is 13.7 Å². The number of likely N-dealkylation sites (N-methyl/N-ethyl adjacent to an activating group) is 1. The summed E-state index contributed by atoms with van der Waals surface area (Å²) in [6.07, 6.45) is 27.9. The normalized spacial score (nSPS) is 15.6. The van der Waals surface area contributed by atoms with Crippen molar-refractivity contribution < 1.29 is 32.9 Å². The molecule has 0 fully saturated rings. The number of nitrogens with zero attached hydrogens (tertiary/aromatic N) is 1. The molecule has 0 heterocycles. The first-order valence-electron chi connectivity index (χ1n) is 15.9. The minimum Gasteiger partial charge on any atom is -0.387 e. The highest BCUT2D eigenvalue weighted by atomic mass is 31.2. The monoisotopic (exact) mass is 601 g/mol. The van der Waals surface area contributed by atoms with Gasteiger partial charge in [0.2, 0.25) is 5.91 Å². The summed E-state index contributed by atoms with van der Waals surface area (Å²) in [6.45, 7) is 4.38. The Morgan fingerprint density at radius 1 is 0.805 bits per heavy atom. The number of rotatable bonds is 27. The van der Waals surface area contributed by atoms with Gasteiger partial charge in [-0.25, -0.2) is 4.57 Å². The molecule has 3 unspecified atom stereocenters. The van der Waals surface area contributed by atoms with E-state index in [4.69, 9.17) is 9.05 Å². The summed E-state index contributed by atoms with van der Waals surface area (Å²) < 4.78 is 23.0. The van der Waals surface area contributed by atoms with Crippen LogP contribution >= 0.6 is 7.82 Å². The van der Waals surface area contributed by atoms with E-state index < -0.39 is 20.0 Å². The lowest BCUT2D eigenvalue weighted by Crippen LogP contribution is -2.45. The van der Waals surface area contributed by atoms with Crippen molar-refractivity contribution in [3.8, 4) is 0 Å². The van der Waals surface area contributed by atoms with E-state index in [1.54, 1.807) is 6.08 Å². The number of hydrogen-bond acceptors (Lipinski definition) is 5. The van der Waals surface area contributed by atoms with Crippen LogP contribution < -0.4 is 5.32 Å². The highest BCUT2D eigenvalue weighted by molar-refractivity contribution is 7.47. The summed E-state index contributed by atoms with van der Waals surface area (Å²) in [4.78, 5) is 22.1. The number of aliphatic hydroxyl groups excluding tert-OH is 1. The molecule has 240 valence electrons. The van der Waals surface area contributed by atoms with E-state index >= 15 is 0 Å². The van der Waals surface area contributed by atoms with Crippen molar-refractivity contribution in [3.63, 3.8) is 0 Å². The molecule has 0 aromatic rings. The van der Waals surface area contributed by atoms with E-state index in [2.05, 4.69) is 36.5 Å². The van der Waals surface area contributed by atoms with E-state index in [1.807, 2.05) is 34.1 Å². The number of unbranched alkanes of at least 4 members (excludes halogenated alkanes) is 10. The standard InChI is InChI=1S/C32H61N2O6P/c1-6-8-9-10-11-12-13-14-15-16-17-18-19-20-21-22-23-24-26-31(35)30(33-32(36)25-7-2)29-40-41(37,38)39-28-27-34(3,4)5/h16-17,20-21,24,26,30-31,35H,6-15,18-19,22-23,25,27-29H2,1-5H3,(H-,33,36,37,38)/p+1/b17-16+,21-20+,26-24+. The van der Waals surface area contributed by atoms with Gasteiger partial charge in [0.05, 0.1) is 39.9 Å². The van der Waals surface area contributed by atoms with Gasteiger partial charge in [0.1, 0.15) is 13.2 Å². The number of carbonyl (C=O) groups is 1. The van der Waals surface area contributed by atoms with Crippen molar-refractivity contribution in [3.05, 3.63) is 36.5 Å². The van der Waals surface area contributed by atoms with Crippen LogP contribution in [-0.4, -0.2) is 73.4 Å². The van der Waals surface area contributed by atoms with E-state index in [0.717, 1.165) is 25.7 Å². The topological polar surface area (TPSA) is 105 Å². The zero-order valence-electron chi connectivity index (χ0n) is 26.8. The van der Waals surface area contributed by atoms with Crippen LogP contribution in [0, 0.1) is 0 Å². The number of phosphoric ester groups is 1. The summed E-state index contributed by atoms with van der Waals surface area (Å²) >= 11 is 0. The Morgan fingerprint density at radius 2 is 1.34 bits per heavy atom. The van der Waals surface area contributed by atoms with Gasteiger partial charge < -0.3 is 19.8 Å². The van der Waals surface area contributed by atoms with Gasteiger partial charge in [-0.2, -0.15) is 0 Å². The number of quaternary nitrogens is 1. The van der Waals surface area contributed by atoms with Crippen LogP contribution in [0.1, 0.15) is 110 Å². The maximum Gasteiger partial charge on any atom is 0.472 e. The predicted molar refractivity (Wildman–Crippen MR) is 171 cm³/mol. The second kappa shape index (κ2) is 25.2. The average Bonchev–Trinajstić information content (AvgIpc) is 2.89. The molecule has 0 rings (SSSR count). The van der Waals surface area contributed by atoms with Gasteiger partial charge in [-0.15, -0.1) is 0 Å². The minimum atomic E-state index is -4.31. The highest BCUT2D eigenvalue weighted by Gasteiger charge is 2.27. The largest absolute Gasteiger partial charge is 0.472 e. The van der Waals surface area contributed by atoms with Crippen molar-refractivity contribution in [2.75, 3.05) is 40.9 Å². The second-order valence-electron chi connectivity index (χ2n) is 11.8. The molecular formula is C32H62N2O6P+. The summed E-state index contributed by atoms with van der Waals surface area (Å²) in [5.41, 5.74) is 0. The first-order chi connectivity index (χ1) is 19.5. The summed E-state index contributed by atoms with van der Waals surface area (Å²) in [5, 5.41) is 13.3. The number of allylic oxidation sites excluding steroid dienone is 5. The SMILES string of the molecule is CCCCCCCCCC/C=C/CC/C=C/CC/C=C/C(O)C(COP(=O)(O)OCC[N+](C)(C)C)NC(=O)CCC. The fraction of sp³-hybridized carbons (Fsp3) is 0.781. The van der Waals surface area contributed by atoms with E-state index in [-0.39, 0.29) is 19.1 Å². The van der Waals surface area contributed by atoms with Crippen molar-refractivity contribution in [1.82, 2.24) is 5.32 Å². The number of hydrogen-bond donors (Lipinski definition) is 3. The molecule has 0 bridgehead atoms. The van der Waals surface area contributed by atoms with Crippen LogP contribution in [0.5, 0.6) is 0 Å². The maximum absolute atomic E-state index is 12.3. The molecule has 0 aromatic carbocycles. The number of nitrogens with one attached hydrogen (secondary N) is 1. The minimum absolute atomic E-state index is 0.0513. The second-order valence-corrected chi connectivity index (χ2v) is 13.3.